The third kappa shape index (κ3) is 6.21. The predicted octanol–water partition coefficient (Wildman–Crippen LogP) is 2.18. The first-order valence-electron chi connectivity index (χ1n) is 11.8. The molecule has 1 saturated carbocycles. The van der Waals surface area contributed by atoms with Crippen LogP contribution in [0.3, 0.4) is 0 Å². The zero-order chi connectivity index (χ0) is 25.8. The van der Waals surface area contributed by atoms with Crippen LogP contribution in [0.15, 0.2) is 36.9 Å². The molecule has 1 amide bonds. The number of sulfonamides is 1. The molecule has 0 aromatic carbocycles. The van der Waals surface area contributed by atoms with Gasteiger partial charge in [-0.25, -0.2) is 18.4 Å². The fraction of sp³-hybridized carbons (Fsp3) is 0.435. The van der Waals surface area contributed by atoms with E-state index in [1.807, 2.05) is 6.92 Å². The van der Waals surface area contributed by atoms with E-state index in [2.05, 4.69) is 30.0 Å². The van der Waals surface area contributed by atoms with Crippen LogP contribution in [0.2, 0.25) is 0 Å². The van der Waals surface area contributed by atoms with E-state index < -0.39 is 28.1 Å². The number of aromatic nitrogens is 4. The van der Waals surface area contributed by atoms with Crippen LogP contribution in [0, 0.1) is 0 Å². The summed E-state index contributed by atoms with van der Waals surface area (Å²) in [7, 11) is -3.45. The topological polar surface area (TPSA) is 155 Å². The maximum atomic E-state index is 13.2. The van der Waals surface area contributed by atoms with Gasteiger partial charge in [0.1, 0.15) is 17.8 Å². The van der Waals surface area contributed by atoms with Crippen molar-refractivity contribution in [3.63, 3.8) is 0 Å². The van der Waals surface area contributed by atoms with Gasteiger partial charge in [0.2, 0.25) is 15.9 Å². The molecule has 5 rings (SSSR count). The fourth-order valence-corrected chi connectivity index (χ4v) is 5.90. The number of nitrogens with zero attached hydrogens (tertiary/aromatic N) is 4. The highest BCUT2D eigenvalue weighted by atomic mass is 32.2. The van der Waals surface area contributed by atoms with E-state index in [4.69, 9.17) is 14.2 Å². The SMILES string of the molecule is CCOc1cncc(-c2cnc(C(=O)N[C@H](c3cc(NS(=O)(=O)C4CC4)ccn3)[C@H]3COCCO3)s2)n1. The summed E-state index contributed by atoms with van der Waals surface area (Å²) in [6.07, 6.45) is 6.92. The number of thiazole rings is 1. The summed E-state index contributed by atoms with van der Waals surface area (Å²) in [5.41, 5.74) is 1.35. The third-order valence-corrected chi connectivity index (χ3v) is 8.57. The Hall–Kier alpha value is -3.20. The summed E-state index contributed by atoms with van der Waals surface area (Å²) in [5.74, 6) is -0.0488. The quantitative estimate of drug-likeness (QED) is 0.387. The lowest BCUT2D eigenvalue weighted by atomic mass is 10.1. The Morgan fingerprint density at radius 1 is 1.24 bits per heavy atom. The highest BCUT2D eigenvalue weighted by Crippen LogP contribution is 2.31. The van der Waals surface area contributed by atoms with Crippen molar-refractivity contribution in [1.82, 2.24) is 25.3 Å². The van der Waals surface area contributed by atoms with Crippen LogP contribution in [0.5, 0.6) is 5.88 Å². The maximum absolute atomic E-state index is 13.2. The van der Waals surface area contributed by atoms with Gasteiger partial charge in [0, 0.05) is 12.4 Å². The molecule has 12 nitrogen and oxygen atoms in total. The van der Waals surface area contributed by atoms with Crippen molar-refractivity contribution in [1.29, 1.82) is 0 Å². The molecule has 0 unspecified atom stereocenters. The Morgan fingerprint density at radius 3 is 2.86 bits per heavy atom. The number of carbonyl (C=O) groups excluding carboxylic acids is 1. The zero-order valence-corrected chi connectivity index (χ0v) is 21.6. The van der Waals surface area contributed by atoms with Crippen LogP contribution in [0.1, 0.15) is 41.3 Å². The molecular formula is C23H26N6O6S2. The molecule has 2 atom stereocenters. The monoisotopic (exact) mass is 546 g/mol. The molecule has 37 heavy (non-hydrogen) atoms. The number of rotatable bonds is 10. The van der Waals surface area contributed by atoms with Gasteiger partial charge in [-0.15, -0.1) is 11.3 Å². The Bertz CT molecular complexity index is 1360. The van der Waals surface area contributed by atoms with Gasteiger partial charge in [-0.05, 0) is 31.9 Å². The van der Waals surface area contributed by atoms with E-state index in [1.165, 1.54) is 12.4 Å². The van der Waals surface area contributed by atoms with Crippen molar-refractivity contribution in [2.24, 2.45) is 0 Å². The van der Waals surface area contributed by atoms with Gasteiger partial charge in [-0.3, -0.25) is 19.5 Å². The van der Waals surface area contributed by atoms with Crippen LogP contribution >= 0.6 is 11.3 Å². The molecule has 1 aliphatic heterocycles. The summed E-state index contributed by atoms with van der Waals surface area (Å²) < 4.78 is 44.3. The van der Waals surface area contributed by atoms with E-state index in [0.29, 0.717) is 60.5 Å². The summed E-state index contributed by atoms with van der Waals surface area (Å²) >= 11 is 1.16. The smallest absolute Gasteiger partial charge is 0.280 e. The molecule has 2 aliphatic rings. The van der Waals surface area contributed by atoms with Crippen LogP contribution in [0.4, 0.5) is 5.69 Å². The minimum absolute atomic E-state index is 0.214. The van der Waals surface area contributed by atoms with Crippen LogP contribution in [-0.2, 0) is 19.5 Å². The number of nitrogens with one attached hydrogen (secondary N) is 2. The molecule has 0 radical (unpaired) electrons. The summed E-state index contributed by atoms with van der Waals surface area (Å²) in [4.78, 5) is 31.1. The second kappa shape index (κ2) is 11.0. The minimum Gasteiger partial charge on any atom is -0.477 e. The molecule has 2 fully saturated rings. The third-order valence-electron chi connectivity index (χ3n) is 5.68. The highest BCUT2D eigenvalue weighted by molar-refractivity contribution is 7.93. The molecule has 4 heterocycles. The van der Waals surface area contributed by atoms with Crippen molar-refractivity contribution in [2.75, 3.05) is 31.1 Å². The van der Waals surface area contributed by atoms with E-state index in [0.717, 1.165) is 11.3 Å². The van der Waals surface area contributed by atoms with Crippen molar-refractivity contribution in [2.45, 2.75) is 37.2 Å². The van der Waals surface area contributed by atoms with Gasteiger partial charge >= 0.3 is 0 Å². The van der Waals surface area contributed by atoms with E-state index in [-0.39, 0.29) is 16.9 Å². The molecule has 0 spiro atoms. The first-order valence-corrected chi connectivity index (χ1v) is 14.2. The van der Waals surface area contributed by atoms with Crippen LogP contribution < -0.4 is 14.8 Å². The molecule has 1 aliphatic carbocycles. The number of ether oxygens (including phenoxy) is 3. The van der Waals surface area contributed by atoms with Gasteiger partial charge < -0.3 is 19.5 Å². The van der Waals surface area contributed by atoms with Gasteiger partial charge in [0.25, 0.3) is 5.91 Å². The summed E-state index contributed by atoms with van der Waals surface area (Å²) in [5, 5.41) is 2.79. The molecule has 3 aromatic rings. The lowest BCUT2D eigenvalue weighted by Crippen LogP contribution is -2.43. The lowest BCUT2D eigenvalue weighted by Gasteiger charge is -2.30. The zero-order valence-electron chi connectivity index (χ0n) is 20.0. The number of hydrogen-bond acceptors (Lipinski definition) is 11. The van der Waals surface area contributed by atoms with E-state index in [9.17, 15) is 13.2 Å². The van der Waals surface area contributed by atoms with Crippen molar-refractivity contribution in [3.8, 4) is 16.5 Å². The number of carbonyl (C=O) groups is 1. The summed E-state index contributed by atoms with van der Waals surface area (Å²) in [6.45, 7) is 3.37. The average molecular weight is 547 g/mol. The first kappa shape index (κ1) is 25.4. The first-order chi connectivity index (χ1) is 17.9. The van der Waals surface area contributed by atoms with Gasteiger partial charge in [0.05, 0.1) is 60.3 Å². The van der Waals surface area contributed by atoms with Crippen molar-refractivity contribution in [3.05, 3.63) is 47.6 Å². The minimum atomic E-state index is -3.45. The Balaban J connectivity index is 1.36. The Labute approximate surface area is 217 Å². The Morgan fingerprint density at radius 2 is 2.11 bits per heavy atom. The number of pyridine rings is 1. The standard InChI is InChI=1S/C23H26N6O6S2/c1-2-34-20-12-24-10-17(27-20)19-11-26-23(36-19)22(30)28-21(18-13-33-7-8-35-18)16-9-14(5-6-25-16)29-37(31,32)15-3-4-15/h5-6,9-12,15,18,21H,2-4,7-8,13H2,1H3,(H,25,29)(H,28,30)/t18-,21-/m1/s1. The summed E-state index contributed by atoms with van der Waals surface area (Å²) in [6, 6.07) is 2.47. The fourth-order valence-electron chi connectivity index (χ4n) is 3.75. The maximum Gasteiger partial charge on any atom is 0.280 e. The molecule has 3 aromatic heterocycles. The molecule has 14 heteroatoms. The molecule has 0 bridgehead atoms. The highest BCUT2D eigenvalue weighted by Gasteiger charge is 2.36. The second-order valence-corrected chi connectivity index (χ2v) is 11.4. The molecule has 1 saturated heterocycles. The average Bonchev–Trinajstić information content (AvgIpc) is 3.66. The predicted molar refractivity (Wildman–Crippen MR) is 135 cm³/mol. The molecular weight excluding hydrogens is 520 g/mol. The van der Waals surface area contributed by atoms with Crippen molar-refractivity contribution >= 4 is 33.0 Å². The number of amides is 1. The molecule has 2 N–H and O–H groups in total. The number of anilines is 1. The largest absolute Gasteiger partial charge is 0.477 e. The van der Waals surface area contributed by atoms with E-state index >= 15 is 0 Å². The van der Waals surface area contributed by atoms with Gasteiger partial charge in [-0.2, -0.15) is 0 Å². The van der Waals surface area contributed by atoms with Crippen LogP contribution in [-0.4, -0.2) is 72.0 Å². The number of hydrogen-bond donors (Lipinski definition) is 2. The van der Waals surface area contributed by atoms with Crippen LogP contribution in [0.25, 0.3) is 10.6 Å². The van der Waals surface area contributed by atoms with E-state index in [1.54, 1.807) is 24.5 Å². The van der Waals surface area contributed by atoms with Gasteiger partial charge in [0.15, 0.2) is 5.01 Å². The normalized spacial score (nSPS) is 18.7. The Kier molecular flexibility index (Phi) is 7.60. The van der Waals surface area contributed by atoms with Gasteiger partial charge in [-0.1, -0.05) is 0 Å². The molecule has 196 valence electrons. The lowest BCUT2D eigenvalue weighted by molar-refractivity contribution is -0.101. The second-order valence-electron chi connectivity index (χ2n) is 8.46. The van der Waals surface area contributed by atoms with Crippen molar-refractivity contribution < 1.29 is 27.4 Å².